The molecule has 6 heteroatoms. The maximum atomic E-state index is 12.5. The molecule has 0 aliphatic carbocycles. The Labute approximate surface area is 130 Å². The largest absolute Gasteiger partial charge is 0.325 e. The zero-order valence-corrected chi connectivity index (χ0v) is 13.2. The molecular weight excluding hydrogens is 300 g/mol. The van der Waals surface area contributed by atoms with Crippen molar-refractivity contribution in [3.05, 3.63) is 66.2 Å². The van der Waals surface area contributed by atoms with E-state index in [9.17, 15) is 13.2 Å². The van der Waals surface area contributed by atoms with E-state index in [-0.39, 0.29) is 0 Å². The summed E-state index contributed by atoms with van der Waals surface area (Å²) in [6.07, 6.45) is 0. The zero-order valence-electron chi connectivity index (χ0n) is 12.4. The number of anilines is 1. The van der Waals surface area contributed by atoms with Gasteiger partial charge in [0.15, 0.2) is 5.25 Å². The molecule has 1 atom stereocenters. The van der Waals surface area contributed by atoms with Crippen molar-refractivity contribution in [3.8, 4) is 0 Å². The van der Waals surface area contributed by atoms with Crippen molar-refractivity contribution >= 4 is 21.6 Å². The number of nitrogens with zero attached hydrogens (tertiary/aromatic N) is 1. The van der Waals surface area contributed by atoms with E-state index in [0.29, 0.717) is 11.3 Å². The first kappa shape index (κ1) is 16.2. The summed E-state index contributed by atoms with van der Waals surface area (Å²) in [5.74, 6) is -0.578. The number of para-hydroxylation sites is 1. The molecule has 1 amide bonds. The quantitative estimate of drug-likeness (QED) is 0.919. The van der Waals surface area contributed by atoms with Crippen LogP contribution in [0.15, 0.2) is 60.7 Å². The van der Waals surface area contributed by atoms with Crippen LogP contribution >= 0.6 is 0 Å². The second kappa shape index (κ2) is 6.72. The summed E-state index contributed by atoms with van der Waals surface area (Å²) in [6, 6.07) is 17.3. The lowest BCUT2D eigenvalue weighted by Crippen LogP contribution is -2.35. The Morgan fingerprint density at radius 3 is 1.95 bits per heavy atom. The first-order valence-electron chi connectivity index (χ1n) is 6.75. The highest BCUT2D eigenvalue weighted by Gasteiger charge is 2.35. The number of rotatable bonds is 5. The predicted octanol–water partition coefficient (Wildman–Crippen LogP) is 2.26. The van der Waals surface area contributed by atoms with Crippen LogP contribution in [0.25, 0.3) is 0 Å². The van der Waals surface area contributed by atoms with E-state index < -0.39 is 21.2 Å². The molecule has 0 heterocycles. The SMILES string of the molecule is CN(C)S(=O)(=O)[C@@H](C(=O)Nc1ccccc1)c1ccccc1. The number of sulfonamides is 1. The highest BCUT2D eigenvalue weighted by Crippen LogP contribution is 2.26. The van der Waals surface area contributed by atoms with Crippen molar-refractivity contribution in [1.82, 2.24) is 4.31 Å². The standard InChI is InChI=1S/C16H18N2O3S/c1-18(2)22(20,21)15(13-9-5-3-6-10-13)16(19)17-14-11-7-4-8-12-14/h3-12,15H,1-2H3,(H,17,19)/t15-/m1/s1. The third kappa shape index (κ3) is 3.52. The van der Waals surface area contributed by atoms with E-state index in [1.165, 1.54) is 14.1 Å². The van der Waals surface area contributed by atoms with Gasteiger partial charge in [0.2, 0.25) is 15.9 Å². The Hall–Kier alpha value is -2.18. The number of carbonyl (C=O) groups is 1. The van der Waals surface area contributed by atoms with Crippen LogP contribution < -0.4 is 5.32 Å². The van der Waals surface area contributed by atoms with Crippen LogP contribution in [0.5, 0.6) is 0 Å². The molecule has 5 nitrogen and oxygen atoms in total. The van der Waals surface area contributed by atoms with E-state index in [1.807, 2.05) is 6.07 Å². The molecule has 2 aromatic carbocycles. The maximum Gasteiger partial charge on any atom is 0.248 e. The topological polar surface area (TPSA) is 66.5 Å². The molecule has 0 unspecified atom stereocenters. The van der Waals surface area contributed by atoms with Crippen LogP contribution in [0.4, 0.5) is 5.69 Å². The number of hydrogen-bond acceptors (Lipinski definition) is 3. The molecule has 1 N–H and O–H groups in total. The van der Waals surface area contributed by atoms with Gasteiger partial charge in [0.25, 0.3) is 0 Å². The molecule has 116 valence electrons. The van der Waals surface area contributed by atoms with E-state index in [0.717, 1.165) is 4.31 Å². The Morgan fingerprint density at radius 1 is 0.955 bits per heavy atom. The van der Waals surface area contributed by atoms with E-state index >= 15 is 0 Å². The molecule has 0 aliphatic heterocycles. The summed E-state index contributed by atoms with van der Waals surface area (Å²) >= 11 is 0. The van der Waals surface area contributed by atoms with Crippen molar-refractivity contribution in [3.63, 3.8) is 0 Å². The smallest absolute Gasteiger partial charge is 0.248 e. The maximum absolute atomic E-state index is 12.5. The average Bonchev–Trinajstić information content (AvgIpc) is 2.49. The van der Waals surface area contributed by atoms with Crippen molar-refractivity contribution in [2.45, 2.75) is 5.25 Å². The lowest BCUT2D eigenvalue weighted by Gasteiger charge is -2.21. The summed E-state index contributed by atoms with van der Waals surface area (Å²) in [4.78, 5) is 12.5. The number of amides is 1. The van der Waals surface area contributed by atoms with Gasteiger partial charge < -0.3 is 5.32 Å². The van der Waals surface area contributed by atoms with Crippen molar-refractivity contribution < 1.29 is 13.2 Å². The zero-order chi connectivity index (χ0) is 16.2. The first-order valence-corrected chi connectivity index (χ1v) is 8.25. The molecule has 0 bridgehead atoms. The molecule has 0 fully saturated rings. The molecule has 0 radical (unpaired) electrons. The summed E-state index contributed by atoms with van der Waals surface area (Å²) in [6.45, 7) is 0. The molecule has 0 aliphatic rings. The third-order valence-electron chi connectivity index (χ3n) is 3.19. The molecule has 0 saturated carbocycles. The van der Waals surface area contributed by atoms with E-state index in [2.05, 4.69) is 5.32 Å². The summed E-state index contributed by atoms with van der Waals surface area (Å²) in [7, 11) is -0.955. The van der Waals surface area contributed by atoms with Gasteiger partial charge in [-0.15, -0.1) is 0 Å². The minimum absolute atomic E-state index is 0.435. The van der Waals surface area contributed by atoms with Crippen molar-refractivity contribution in [2.75, 3.05) is 19.4 Å². The molecule has 22 heavy (non-hydrogen) atoms. The normalized spacial score (nSPS) is 12.9. The molecule has 0 spiro atoms. The van der Waals surface area contributed by atoms with Crippen LogP contribution in [0.3, 0.4) is 0 Å². The van der Waals surface area contributed by atoms with Crippen molar-refractivity contribution in [2.24, 2.45) is 0 Å². The van der Waals surface area contributed by atoms with Crippen LogP contribution in [0.2, 0.25) is 0 Å². The highest BCUT2D eigenvalue weighted by molar-refractivity contribution is 7.90. The van der Waals surface area contributed by atoms with Gasteiger partial charge in [0, 0.05) is 19.8 Å². The minimum atomic E-state index is -3.79. The Balaban J connectivity index is 2.39. The molecule has 2 aromatic rings. The van der Waals surface area contributed by atoms with Crippen molar-refractivity contribution in [1.29, 1.82) is 0 Å². The lowest BCUT2D eigenvalue weighted by molar-refractivity contribution is -0.116. The van der Waals surface area contributed by atoms with Crippen LogP contribution in [-0.2, 0) is 14.8 Å². The highest BCUT2D eigenvalue weighted by atomic mass is 32.2. The number of hydrogen-bond donors (Lipinski definition) is 1. The van der Waals surface area contributed by atoms with Gasteiger partial charge in [-0.3, -0.25) is 4.79 Å². The molecular formula is C16H18N2O3S. The summed E-state index contributed by atoms with van der Waals surface area (Å²) < 4.78 is 26.1. The summed E-state index contributed by atoms with van der Waals surface area (Å²) in [5, 5.41) is 1.37. The van der Waals surface area contributed by atoms with Gasteiger partial charge in [-0.05, 0) is 17.7 Å². The fourth-order valence-corrected chi connectivity index (χ4v) is 3.28. The van der Waals surface area contributed by atoms with Gasteiger partial charge in [-0.2, -0.15) is 0 Å². The number of benzene rings is 2. The molecule has 0 saturated heterocycles. The molecule has 0 aromatic heterocycles. The van der Waals surface area contributed by atoms with Gasteiger partial charge in [0.1, 0.15) is 0 Å². The van der Waals surface area contributed by atoms with E-state index in [1.54, 1.807) is 54.6 Å². The first-order chi connectivity index (χ1) is 10.4. The monoisotopic (exact) mass is 318 g/mol. The average molecular weight is 318 g/mol. The van der Waals surface area contributed by atoms with Crippen LogP contribution in [-0.4, -0.2) is 32.7 Å². The third-order valence-corrected chi connectivity index (χ3v) is 5.29. The van der Waals surface area contributed by atoms with Crippen LogP contribution in [0, 0.1) is 0 Å². The minimum Gasteiger partial charge on any atom is -0.325 e. The van der Waals surface area contributed by atoms with Gasteiger partial charge in [0.05, 0.1) is 0 Å². The Bertz CT molecular complexity index is 729. The van der Waals surface area contributed by atoms with Crippen LogP contribution in [0.1, 0.15) is 10.8 Å². The van der Waals surface area contributed by atoms with E-state index in [4.69, 9.17) is 0 Å². The second-order valence-electron chi connectivity index (χ2n) is 4.97. The summed E-state index contributed by atoms with van der Waals surface area (Å²) in [5.41, 5.74) is 0.993. The lowest BCUT2D eigenvalue weighted by atomic mass is 10.1. The van der Waals surface area contributed by atoms with Gasteiger partial charge in [-0.25, -0.2) is 12.7 Å². The predicted molar refractivity (Wildman–Crippen MR) is 86.9 cm³/mol. The molecule has 2 rings (SSSR count). The van der Waals surface area contributed by atoms with Gasteiger partial charge in [-0.1, -0.05) is 48.5 Å². The fraction of sp³-hybridized carbons (Fsp3) is 0.188. The Kier molecular flexibility index (Phi) is 4.95. The Morgan fingerprint density at radius 2 is 1.45 bits per heavy atom. The fourth-order valence-electron chi connectivity index (χ4n) is 2.03. The number of carbonyl (C=O) groups excluding carboxylic acids is 1. The number of nitrogens with one attached hydrogen (secondary N) is 1. The van der Waals surface area contributed by atoms with Gasteiger partial charge >= 0.3 is 0 Å². The second-order valence-corrected chi connectivity index (χ2v) is 7.20.